The van der Waals surface area contributed by atoms with Gasteiger partial charge in [0.15, 0.2) is 0 Å². The molecular formula is C30H21N3. The number of benzene rings is 4. The van der Waals surface area contributed by atoms with Crippen molar-refractivity contribution in [2.75, 3.05) is 5.32 Å². The maximum Gasteiger partial charge on any atom is 0.0781 e. The largest absolute Gasteiger partial charge is 0.376 e. The normalized spacial score (nSPS) is 18.4. The van der Waals surface area contributed by atoms with Gasteiger partial charge in [0.25, 0.3) is 0 Å². The minimum absolute atomic E-state index is 0.203. The molecule has 2 unspecified atom stereocenters. The van der Waals surface area contributed by atoms with Gasteiger partial charge in [-0.1, -0.05) is 78.9 Å². The Morgan fingerprint density at radius 2 is 1.48 bits per heavy atom. The van der Waals surface area contributed by atoms with Crippen LogP contribution >= 0.6 is 0 Å². The lowest BCUT2D eigenvalue weighted by molar-refractivity contribution is 0.689. The number of aromatic nitrogens is 2. The molecule has 4 aromatic carbocycles. The van der Waals surface area contributed by atoms with Crippen molar-refractivity contribution in [3.8, 4) is 5.69 Å². The fourth-order valence-corrected chi connectivity index (χ4v) is 6.07. The molecule has 2 N–H and O–H groups in total. The lowest BCUT2D eigenvalue weighted by Gasteiger charge is -2.25. The van der Waals surface area contributed by atoms with E-state index in [0.717, 1.165) is 0 Å². The van der Waals surface area contributed by atoms with E-state index in [9.17, 15) is 0 Å². The fourth-order valence-electron chi connectivity index (χ4n) is 6.07. The fraction of sp³-hybridized carbons (Fsp3) is 0.0667. The summed E-state index contributed by atoms with van der Waals surface area (Å²) in [4.78, 5) is 3.75. The zero-order valence-corrected chi connectivity index (χ0v) is 17.9. The van der Waals surface area contributed by atoms with E-state index in [1.165, 1.54) is 60.9 Å². The number of hydrogen-bond acceptors (Lipinski definition) is 1. The molecule has 3 nitrogen and oxygen atoms in total. The lowest BCUT2D eigenvalue weighted by Crippen LogP contribution is -2.18. The van der Waals surface area contributed by atoms with Crippen LogP contribution in [0.4, 0.5) is 5.69 Å². The highest BCUT2D eigenvalue weighted by Crippen LogP contribution is 2.52. The van der Waals surface area contributed by atoms with Gasteiger partial charge in [-0.2, -0.15) is 0 Å². The Hall–Kier alpha value is -4.24. The summed E-state index contributed by atoms with van der Waals surface area (Å²) in [6.45, 7) is 0. The van der Waals surface area contributed by atoms with Crippen molar-refractivity contribution < 1.29 is 0 Å². The minimum atomic E-state index is 0.203. The molecule has 0 radical (unpaired) electrons. The van der Waals surface area contributed by atoms with E-state index in [2.05, 4.69) is 118 Å². The second-order valence-corrected chi connectivity index (χ2v) is 9.12. The van der Waals surface area contributed by atoms with Crippen molar-refractivity contribution in [3.05, 3.63) is 114 Å². The van der Waals surface area contributed by atoms with Gasteiger partial charge in [0, 0.05) is 44.5 Å². The van der Waals surface area contributed by atoms with Crippen LogP contribution in [0.3, 0.4) is 0 Å². The molecule has 156 valence electrons. The first-order valence-electron chi connectivity index (χ1n) is 11.6. The van der Waals surface area contributed by atoms with Crippen LogP contribution in [-0.4, -0.2) is 9.55 Å². The molecule has 2 aromatic heterocycles. The summed E-state index contributed by atoms with van der Waals surface area (Å²) in [7, 11) is 0. The predicted molar refractivity (Wildman–Crippen MR) is 137 cm³/mol. The average Bonchev–Trinajstić information content (AvgIpc) is 3.53. The van der Waals surface area contributed by atoms with E-state index >= 15 is 0 Å². The molecule has 0 bridgehead atoms. The van der Waals surface area contributed by atoms with Crippen LogP contribution in [0.25, 0.3) is 44.5 Å². The van der Waals surface area contributed by atoms with Crippen molar-refractivity contribution in [1.29, 1.82) is 0 Å². The van der Waals surface area contributed by atoms with Crippen molar-refractivity contribution in [2.45, 2.75) is 12.0 Å². The van der Waals surface area contributed by atoms with E-state index in [1.54, 1.807) is 0 Å². The number of rotatable bonds is 1. The van der Waals surface area contributed by atoms with E-state index in [4.69, 9.17) is 0 Å². The SMILES string of the molecule is C1=CC2c3ccccc3NC2c2c1c1ccc3c4ccccc4[nH]c3c1n2-c1ccccc1. The lowest BCUT2D eigenvalue weighted by atomic mass is 9.86. The van der Waals surface area contributed by atoms with E-state index < -0.39 is 0 Å². The third-order valence-electron chi connectivity index (χ3n) is 7.45. The van der Waals surface area contributed by atoms with Gasteiger partial charge in [-0.25, -0.2) is 0 Å². The number of aromatic amines is 1. The molecule has 0 saturated carbocycles. The van der Waals surface area contributed by atoms with Crippen LogP contribution in [-0.2, 0) is 0 Å². The van der Waals surface area contributed by atoms with Gasteiger partial charge in [0.1, 0.15) is 0 Å². The van der Waals surface area contributed by atoms with Crippen molar-refractivity contribution in [3.63, 3.8) is 0 Å². The summed E-state index contributed by atoms with van der Waals surface area (Å²) < 4.78 is 2.49. The molecule has 0 saturated heterocycles. The van der Waals surface area contributed by atoms with Crippen molar-refractivity contribution >= 4 is 44.5 Å². The Balaban J connectivity index is 1.53. The number of para-hydroxylation sites is 3. The Morgan fingerprint density at radius 3 is 2.42 bits per heavy atom. The van der Waals surface area contributed by atoms with Gasteiger partial charge in [0.05, 0.1) is 22.8 Å². The predicted octanol–water partition coefficient (Wildman–Crippen LogP) is 7.54. The van der Waals surface area contributed by atoms with Crippen LogP contribution in [0.5, 0.6) is 0 Å². The first-order chi connectivity index (χ1) is 16.4. The van der Waals surface area contributed by atoms with E-state index in [0.29, 0.717) is 5.92 Å². The highest BCUT2D eigenvalue weighted by atomic mass is 15.1. The van der Waals surface area contributed by atoms with Crippen molar-refractivity contribution in [1.82, 2.24) is 9.55 Å². The number of hydrogen-bond donors (Lipinski definition) is 2. The monoisotopic (exact) mass is 423 g/mol. The number of nitrogens with zero attached hydrogens (tertiary/aromatic N) is 1. The van der Waals surface area contributed by atoms with Crippen LogP contribution < -0.4 is 5.32 Å². The second-order valence-electron chi connectivity index (χ2n) is 9.12. The Kier molecular flexibility index (Phi) is 3.24. The molecule has 0 spiro atoms. The van der Waals surface area contributed by atoms with E-state index in [1.807, 2.05) is 0 Å². The van der Waals surface area contributed by atoms with Gasteiger partial charge in [-0.3, -0.25) is 0 Å². The van der Waals surface area contributed by atoms with Gasteiger partial charge >= 0.3 is 0 Å². The number of nitrogens with one attached hydrogen (secondary N) is 2. The van der Waals surface area contributed by atoms with Crippen LogP contribution in [0.15, 0.2) is 97.1 Å². The summed E-state index contributed by atoms with van der Waals surface area (Å²) >= 11 is 0. The maximum atomic E-state index is 3.86. The molecule has 6 aromatic rings. The molecule has 1 aliphatic heterocycles. The van der Waals surface area contributed by atoms with Crippen LogP contribution in [0.2, 0.25) is 0 Å². The van der Waals surface area contributed by atoms with Gasteiger partial charge < -0.3 is 14.9 Å². The molecule has 2 atom stereocenters. The summed E-state index contributed by atoms with van der Waals surface area (Å²) in [6.07, 6.45) is 4.73. The Labute approximate surface area is 191 Å². The van der Waals surface area contributed by atoms with Crippen LogP contribution in [0, 0.1) is 0 Å². The number of H-pyrrole nitrogens is 1. The van der Waals surface area contributed by atoms with E-state index in [-0.39, 0.29) is 6.04 Å². The smallest absolute Gasteiger partial charge is 0.0781 e. The molecule has 8 rings (SSSR count). The molecular weight excluding hydrogens is 402 g/mol. The van der Waals surface area contributed by atoms with Gasteiger partial charge in [-0.05, 0) is 29.8 Å². The summed E-state index contributed by atoms with van der Waals surface area (Å²) in [6, 6.07) is 32.9. The highest BCUT2D eigenvalue weighted by Gasteiger charge is 2.38. The number of fused-ring (bicyclic) bond motifs is 11. The zero-order chi connectivity index (χ0) is 21.5. The van der Waals surface area contributed by atoms with Crippen LogP contribution in [0.1, 0.15) is 28.8 Å². The average molecular weight is 424 g/mol. The van der Waals surface area contributed by atoms with Gasteiger partial charge in [0.2, 0.25) is 0 Å². The summed E-state index contributed by atoms with van der Waals surface area (Å²) in [5, 5.41) is 7.69. The summed E-state index contributed by atoms with van der Waals surface area (Å²) in [5.41, 5.74) is 10.1. The molecule has 3 heterocycles. The first kappa shape index (κ1) is 17.3. The Morgan fingerprint density at radius 1 is 0.697 bits per heavy atom. The second kappa shape index (κ2) is 6.17. The van der Waals surface area contributed by atoms with Crippen molar-refractivity contribution in [2.24, 2.45) is 0 Å². The minimum Gasteiger partial charge on any atom is -0.376 e. The zero-order valence-electron chi connectivity index (χ0n) is 17.9. The molecule has 0 amide bonds. The standard InChI is InChI=1S/C30H21N3/c1-2-8-18(9-3-1)33-29-23(16-14-21-19-10-4-6-12-25(19)31-27(21)29)24-17-15-22-20-11-5-7-13-26(20)32-28(22)30(24)33/h1-17,21,27,31-32H. The molecule has 1 aliphatic carbocycles. The highest BCUT2D eigenvalue weighted by molar-refractivity contribution is 6.18. The molecule has 3 heteroatoms. The van der Waals surface area contributed by atoms with Gasteiger partial charge in [-0.15, -0.1) is 0 Å². The Bertz CT molecular complexity index is 1750. The molecule has 33 heavy (non-hydrogen) atoms. The third kappa shape index (κ3) is 2.19. The molecule has 0 fully saturated rings. The quantitative estimate of drug-likeness (QED) is 0.281. The first-order valence-corrected chi connectivity index (χ1v) is 11.6. The topological polar surface area (TPSA) is 32.8 Å². The number of anilines is 1. The maximum absolute atomic E-state index is 3.86. The third-order valence-corrected chi connectivity index (χ3v) is 7.45. The summed E-state index contributed by atoms with van der Waals surface area (Å²) in [5.74, 6) is 0.332. The molecule has 2 aliphatic rings.